The molecule has 2 saturated carbocycles. The van der Waals surface area contributed by atoms with E-state index in [9.17, 15) is 18.8 Å². The summed E-state index contributed by atoms with van der Waals surface area (Å²) in [6.45, 7) is -0.000330. The number of aromatic amines is 1. The van der Waals surface area contributed by atoms with Crippen LogP contribution in [0.25, 0.3) is 11.2 Å². The van der Waals surface area contributed by atoms with E-state index >= 15 is 0 Å². The van der Waals surface area contributed by atoms with E-state index in [-0.39, 0.29) is 47.0 Å². The highest BCUT2D eigenvalue weighted by Crippen LogP contribution is 2.36. The van der Waals surface area contributed by atoms with Crippen molar-refractivity contribution in [1.29, 1.82) is 0 Å². The highest BCUT2D eigenvalue weighted by atomic mass is 19.1. The number of hydrogen-bond acceptors (Lipinski definition) is 7. The Labute approximate surface area is 179 Å². The highest BCUT2D eigenvalue weighted by molar-refractivity contribution is 5.72. The number of carbonyl (C=O) groups excluding carboxylic acids is 1. The average molecular weight is 439 g/mol. The summed E-state index contributed by atoms with van der Waals surface area (Å²) in [6.07, 6.45) is 3.82. The first-order valence-electron chi connectivity index (χ1n) is 10.1. The fraction of sp³-hybridized carbons (Fsp3) is 0.400. The molecule has 0 atom stereocenters. The fourth-order valence-corrected chi connectivity index (χ4v) is 3.32. The summed E-state index contributed by atoms with van der Waals surface area (Å²) in [5.41, 5.74) is -0.123. The molecule has 2 aliphatic rings. The van der Waals surface area contributed by atoms with Crippen LogP contribution in [0.5, 0.6) is 5.75 Å². The third kappa shape index (κ3) is 3.73. The Kier molecular flexibility index (Phi) is 4.73. The van der Waals surface area contributed by atoms with Crippen LogP contribution >= 0.6 is 0 Å². The number of fused-ring (bicyclic) bond motifs is 1. The van der Waals surface area contributed by atoms with Crippen LogP contribution in [0.1, 0.15) is 43.6 Å². The van der Waals surface area contributed by atoms with Gasteiger partial charge in [-0.3, -0.25) is 18.8 Å². The number of hydrogen-bond donors (Lipinski definition) is 1. The maximum absolute atomic E-state index is 12.9. The van der Waals surface area contributed by atoms with Crippen LogP contribution in [-0.4, -0.2) is 53.7 Å². The number of nitrogens with one attached hydrogen (secondary N) is 1. The number of halogens is 1. The Bertz CT molecular complexity index is 1390. The van der Waals surface area contributed by atoms with Gasteiger partial charge in [0.1, 0.15) is 0 Å². The number of ether oxygens (including phenoxy) is 1. The third-order valence-electron chi connectivity index (χ3n) is 5.22. The van der Waals surface area contributed by atoms with Crippen molar-refractivity contribution < 1.29 is 13.9 Å². The van der Waals surface area contributed by atoms with Gasteiger partial charge in [0.05, 0.1) is 18.9 Å². The summed E-state index contributed by atoms with van der Waals surface area (Å²) in [7, 11) is 1.47. The summed E-state index contributed by atoms with van der Waals surface area (Å²) in [5.74, 6) is 5.79. The zero-order valence-corrected chi connectivity index (χ0v) is 17.0. The number of amides is 1. The zero-order chi connectivity index (χ0) is 22.4. The lowest BCUT2D eigenvalue weighted by Crippen LogP contribution is -2.39. The van der Waals surface area contributed by atoms with Crippen LogP contribution in [-0.2, 0) is 0 Å². The molecule has 11 nitrogen and oxygen atoms in total. The van der Waals surface area contributed by atoms with Gasteiger partial charge in [-0.15, -0.1) is 0 Å². The lowest BCUT2D eigenvalue weighted by molar-refractivity contribution is 0.167. The predicted molar refractivity (Wildman–Crippen MR) is 109 cm³/mol. The van der Waals surface area contributed by atoms with Gasteiger partial charge in [0.15, 0.2) is 22.7 Å². The van der Waals surface area contributed by atoms with Crippen LogP contribution in [0.4, 0.5) is 9.18 Å². The number of rotatable bonds is 4. The van der Waals surface area contributed by atoms with Crippen molar-refractivity contribution >= 4 is 17.3 Å². The first kappa shape index (κ1) is 19.9. The predicted octanol–water partition coefficient (Wildman–Crippen LogP) is 0.967. The summed E-state index contributed by atoms with van der Waals surface area (Å²) in [6, 6.07) is 0.00413. The van der Waals surface area contributed by atoms with Gasteiger partial charge in [-0.2, -0.15) is 4.39 Å². The normalized spacial score (nSPS) is 15.3. The van der Waals surface area contributed by atoms with Crippen molar-refractivity contribution in [1.82, 2.24) is 34.0 Å². The van der Waals surface area contributed by atoms with E-state index in [0.717, 1.165) is 38.1 Å². The Balaban J connectivity index is 1.36. The molecule has 32 heavy (non-hydrogen) atoms. The number of nitrogens with zero attached hydrogens (tertiary/aromatic N) is 6. The van der Waals surface area contributed by atoms with Crippen molar-refractivity contribution in [3.63, 3.8) is 0 Å². The molecule has 0 saturated heterocycles. The third-order valence-corrected chi connectivity index (χ3v) is 5.22. The van der Waals surface area contributed by atoms with E-state index in [1.807, 2.05) is 0 Å². The van der Waals surface area contributed by atoms with Crippen molar-refractivity contribution in [2.24, 2.45) is 0 Å². The first-order chi connectivity index (χ1) is 15.4. The standard InChI is InChI=1S/C20H18FN7O4/c1-26(20(31)32-13-9-22-18(21)23-10-13)8-2-3-14-24-15-16(25-14)27(11-4-5-11)19(30)28(17(15)29)12-6-7-12/h9-12H,4-8H2,1H3,(H,24,25). The van der Waals surface area contributed by atoms with Crippen LogP contribution in [0.15, 0.2) is 22.0 Å². The molecule has 164 valence electrons. The van der Waals surface area contributed by atoms with E-state index in [4.69, 9.17) is 4.74 Å². The van der Waals surface area contributed by atoms with Gasteiger partial charge in [0.25, 0.3) is 5.56 Å². The van der Waals surface area contributed by atoms with Crippen LogP contribution in [0.3, 0.4) is 0 Å². The minimum atomic E-state index is -0.925. The minimum absolute atomic E-state index is 0.000330. The second-order valence-corrected chi connectivity index (χ2v) is 7.79. The number of imidazole rings is 1. The van der Waals surface area contributed by atoms with Crippen molar-refractivity contribution in [2.45, 2.75) is 37.8 Å². The van der Waals surface area contributed by atoms with Gasteiger partial charge < -0.3 is 9.72 Å². The minimum Gasteiger partial charge on any atom is -0.407 e. The fourth-order valence-electron chi connectivity index (χ4n) is 3.32. The Morgan fingerprint density at radius 1 is 1.22 bits per heavy atom. The SMILES string of the molecule is CN(CC#Cc1nc2c([nH]1)c(=O)n(C1CC1)c(=O)n2C1CC1)C(=O)Oc1cnc(F)nc1. The molecule has 3 heterocycles. The number of H-pyrrole nitrogens is 1. The van der Waals surface area contributed by atoms with Crippen LogP contribution in [0.2, 0.25) is 0 Å². The van der Waals surface area contributed by atoms with Crippen molar-refractivity contribution in [2.75, 3.05) is 13.6 Å². The molecule has 12 heteroatoms. The molecule has 0 bridgehead atoms. The molecule has 5 rings (SSSR count). The van der Waals surface area contributed by atoms with Gasteiger partial charge in [-0.05, 0) is 31.6 Å². The molecule has 3 aromatic rings. The molecule has 2 aliphatic carbocycles. The average Bonchev–Trinajstić information content (AvgIpc) is 3.69. The smallest absolute Gasteiger partial charge is 0.407 e. The first-order valence-corrected chi connectivity index (χ1v) is 10.1. The Hall–Kier alpha value is -4.01. The molecule has 0 radical (unpaired) electrons. The number of carbonyl (C=O) groups is 1. The summed E-state index contributed by atoms with van der Waals surface area (Å²) in [4.78, 5) is 52.9. The monoisotopic (exact) mass is 439 g/mol. The molecule has 1 N–H and O–H groups in total. The largest absolute Gasteiger partial charge is 0.415 e. The second kappa shape index (κ2) is 7.60. The van der Waals surface area contributed by atoms with E-state index in [0.29, 0.717) is 5.65 Å². The molecule has 2 fully saturated rings. The van der Waals surface area contributed by atoms with E-state index in [1.54, 1.807) is 4.57 Å². The topological polar surface area (TPSA) is 128 Å². The van der Waals surface area contributed by atoms with E-state index < -0.39 is 12.2 Å². The molecule has 0 aromatic carbocycles. The molecular formula is C20H18FN7O4. The molecule has 0 unspecified atom stereocenters. The molecular weight excluding hydrogens is 421 g/mol. The lowest BCUT2D eigenvalue weighted by Gasteiger charge is -2.12. The quantitative estimate of drug-likeness (QED) is 0.474. The summed E-state index contributed by atoms with van der Waals surface area (Å²) in [5, 5.41) is 0. The van der Waals surface area contributed by atoms with Gasteiger partial charge in [0.2, 0.25) is 0 Å². The molecule has 3 aromatic heterocycles. The number of aromatic nitrogens is 6. The molecule has 0 aliphatic heterocycles. The van der Waals surface area contributed by atoms with Crippen LogP contribution < -0.4 is 16.0 Å². The van der Waals surface area contributed by atoms with Gasteiger partial charge in [0, 0.05) is 19.1 Å². The Morgan fingerprint density at radius 2 is 1.88 bits per heavy atom. The maximum Gasteiger partial charge on any atom is 0.415 e. The zero-order valence-electron chi connectivity index (χ0n) is 17.0. The van der Waals surface area contributed by atoms with Crippen LogP contribution in [0, 0.1) is 17.9 Å². The van der Waals surface area contributed by atoms with Crippen molar-refractivity contribution in [3.05, 3.63) is 45.1 Å². The summed E-state index contributed by atoms with van der Waals surface area (Å²) < 4.78 is 20.7. The summed E-state index contributed by atoms with van der Waals surface area (Å²) >= 11 is 0. The van der Waals surface area contributed by atoms with E-state index in [2.05, 4.69) is 31.8 Å². The second-order valence-electron chi connectivity index (χ2n) is 7.79. The molecule has 0 spiro atoms. The van der Waals surface area contributed by atoms with Crippen molar-refractivity contribution in [3.8, 4) is 17.6 Å². The van der Waals surface area contributed by atoms with E-state index in [1.165, 1.54) is 16.5 Å². The Morgan fingerprint density at radius 3 is 2.53 bits per heavy atom. The van der Waals surface area contributed by atoms with Gasteiger partial charge in [-0.25, -0.2) is 24.5 Å². The van der Waals surface area contributed by atoms with Gasteiger partial charge >= 0.3 is 17.9 Å². The molecule has 1 amide bonds. The lowest BCUT2D eigenvalue weighted by atomic mass is 10.4. The van der Waals surface area contributed by atoms with Gasteiger partial charge in [-0.1, -0.05) is 5.92 Å². The highest BCUT2D eigenvalue weighted by Gasteiger charge is 2.34. The maximum atomic E-state index is 12.9.